The first-order chi connectivity index (χ1) is 13.1. The molecule has 2 aromatic rings. The van der Waals surface area contributed by atoms with E-state index in [0.29, 0.717) is 22.2 Å². The van der Waals surface area contributed by atoms with E-state index in [4.69, 9.17) is 23.2 Å². The highest BCUT2D eigenvalue weighted by Gasteiger charge is 2.17. The number of nitrogens with zero attached hydrogens (tertiary/aromatic N) is 2. The van der Waals surface area contributed by atoms with Crippen molar-refractivity contribution in [1.82, 2.24) is 9.80 Å². The van der Waals surface area contributed by atoms with E-state index in [2.05, 4.69) is 45.4 Å². The first kappa shape index (κ1) is 20.2. The maximum atomic E-state index is 12.2. The van der Waals surface area contributed by atoms with Crippen LogP contribution in [0, 0.1) is 0 Å². The minimum absolute atomic E-state index is 0.0364. The molecule has 1 aliphatic heterocycles. The lowest BCUT2D eigenvalue weighted by Gasteiger charge is -2.34. The molecule has 144 valence electrons. The molecule has 1 heterocycles. The molecule has 0 bridgehead atoms. The van der Waals surface area contributed by atoms with Gasteiger partial charge in [-0.1, -0.05) is 53.5 Å². The molecule has 6 heteroatoms. The Morgan fingerprint density at radius 3 is 2.30 bits per heavy atom. The lowest BCUT2D eigenvalue weighted by Crippen LogP contribution is -2.47. The molecule has 0 aromatic heterocycles. The van der Waals surface area contributed by atoms with E-state index in [1.165, 1.54) is 5.56 Å². The zero-order valence-corrected chi connectivity index (χ0v) is 16.8. The van der Waals surface area contributed by atoms with Crippen LogP contribution >= 0.6 is 23.2 Å². The van der Waals surface area contributed by atoms with Gasteiger partial charge < -0.3 is 15.1 Å². The number of carbonyl (C=O) groups excluding carboxylic acids is 1. The summed E-state index contributed by atoms with van der Waals surface area (Å²) in [6, 6.07) is 15.7. The first-order valence-electron chi connectivity index (χ1n) is 9.34. The molecule has 0 radical (unpaired) electrons. The highest BCUT2D eigenvalue weighted by Crippen LogP contribution is 2.25. The fraction of sp³-hybridized carbons (Fsp3) is 0.381. The maximum absolute atomic E-state index is 12.2. The number of nitrogens with one attached hydrogen (secondary N) is 1. The molecule has 0 saturated carbocycles. The summed E-state index contributed by atoms with van der Waals surface area (Å²) in [5, 5.41) is 3.90. The normalized spacial score (nSPS) is 15.6. The minimum Gasteiger partial charge on any atom is -0.325 e. The highest BCUT2D eigenvalue weighted by atomic mass is 35.5. The van der Waals surface area contributed by atoms with Gasteiger partial charge in [-0.2, -0.15) is 0 Å². The van der Waals surface area contributed by atoms with Crippen molar-refractivity contribution in [2.75, 3.05) is 44.6 Å². The zero-order valence-electron chi connectivity index (χ0n) is 15.3. The lowest BCUT2D eigenvalue weighted by atomic mass is 10.1. The Balaban J connectivity index is 1.35. The summed E-state index contributed by atoms with van der Waals surface area (Å²) in [5.74, 6) is -0.0364. The topological polar surface area (TPSA) is 35.6 Å². The summed E-state index contributed by atoms with van der Waals surface area (Å²) >= 11 is 12.0. The number of carbonyl (C=O) groups is 1. The van der Waals surface area contributed by atoms with Crippen molar-refractivity contribution in [3.05, 3.63) is 64.1 Å². The van der Waals surface area contributed by atoms with Crippen LogP contribution in [0.15, 0.2) is 48.5 Å². The van der Waals surface area contributed by atoms with Crippen LogP contribution in [0.3, 0.4) is 0 Å². The van der Waals surface area contributed by atoms with Crippen molar-refractivity contribution < 1.29 is 4.79 Å². The second-order valence-corrected chi connectivity index (χ2v) is 7.68. The molecule has 1 aliphatic rings. The van der Waals surface area contributed by atoms with Gasteiger partial charge in [-0.25, -0.2) is 0 Å². The number of amides is 1. The van der Waals surface area contributed by atoms with Gasteiger partial charge in [0.2, 0.25) is 5.91 Å². The Bertz CT molecular complexity index is 746. The summed E-state index contributed by atoms with van der Waals surface area (Å²) in [6.07, 6.45) is 1.54. The van der Waals surface area contributed by atoms with Gasteiger partial charge in [0, 0.05) is 50.7 Å². The van der Waals surface area contributed by atoms with Crippen LogP contribution in [0.25, 0.3) is 0 Å². The van der Waals surface area contributed by atoms with Gasteiger partial charge in [-0.05, 0) is 30.2 Å². The number of rotatable bonds is 7. The van der Waals surface area contributed by atoms with Crippen molar-refractivity contribution in [2.24, 2.45) is 0 Å². The zero-order chi connectivity index (χ0) is 19.1. The van der Waals surface area contributed by atoms with Gasteiger partial charge in [-0.15, -0.1) is 0 Å². The smallest absolute Gasteiger partial charge is 0.225 e. The van der Waals surface area contributed by atoms with Crippen LogP contribution in [0.4, 0.5) is 5.69 Å². The van der Waals surface area contributed by atoms with E-state index >= 15 is 0 Å². The molecule has 0 unspecified atom stereocenters. The molecule has 0 aliphatic carbocycles. The molecular formula is C21H25Cl2N3O. The van der Waals surface area contributed by atoms with Crippen molar-refractivity contribution in [2.45, 2.75) is 12.8 Å². The van der Waals surface area contributed by atoms with E-state index in [-0.39, 0.29) is 5.91 Å². The van der Waals surface area contributed by atoms with Crippen molar-refractivity contribution >= 4 is 34.8 Å². The Kier molecular flexibility index (Phi) is 7.53. The third-order valence-corrected chi connectivity index (χ3v) is 5.45. The van der Waals surface area contributed by atoms with Crippen LogP contribution < -0.4 is 5.32 Å². The Morgan fingerprint density at radius 2 is 1.59 bits per heavy atom. The molecule has 0 spiro atoms. The predicted octanol–water partition coefficient (Wildman–Crippen LogP) is 4.18. The van der Waals surface area contributed by atoms with E-state index in [0.717, 1.165) is 45.7 Å². The molecule has 0 atom stereocenters. The molecule has 1 N–H and O–H groups in total. The maximum Gasteiger partial charge on any atom is 0.225 e. The fourth-order valence-electron chi connectivity index (χ4n) is 3.23. The van der Waals surface area contributed by atoms with Gasteiger partial charge in [0.05, 0.1) is 10.7 Å². The fourth-order valence-corrected chi connectivity index (χ4v) is 3.57. The number of halogens is 2. The minimum atomic E-state index is -0.0364. The van der Waals surface area contributed by atoms with Gasteiger partial charge in [0.25, 0.3) is 0 Å². The van der Waals surface area contributed by atoms with E-state index in [1.807, 2.05) is 0 Å². The standard InChI is InChI=1S/C21H25Cl2N3O/c22-18-6-7-19(23)20(16-18)24-21(27)9-11-26-14-12-25(13-15-26)10-8-17-4-2-1-3-5-17/h1-7,16H,8-15H2,(H,24,27). The number of hydrogen-bond donors (Lipinski definition) is 1. The molecule has 2 aromatic carbocycles. The highest BCUT2D eigenvalue weighted by molar-refractivity contribution is 6.35. The third-order valence-electron chi connectivity index (χ3n) is 4.88. The molecule has 1 fully saturated rings. The summed E-state index contributed by atoms with van der Waals surface area (Å²) in [6.45, 7) is 5.95. The second-order valence-electron chi connectivity index (χ2n) is 6.84. The third kappa shape index (κ3) is 6.51. The van der Waals surface area contributed by atoms with Gasteiger partial charge in [-0.3, -0.25) is 4.79 Å². The average Bonchev–Trinajstić information content (AvgIpc) is 2.69. The average molecular weight is 406 g/mol. The molecule has 27 heavy (non-hydrogen) atoms. The summed E-state index contributed by atoms with van der Waals surface area (Å²) in [5.41, 5.74) is 1.95. The van der Waals surface area contributed by atoms with Crippen LogP contribution in [0.1, 0.15) is 12.0 Å². The Labute approximate surface area is 171 Å². The summed E-state index contributed by atoms with van der Waals surface area (Å²) in [4.78, 5) is 17.0. The number of hydrogen-bond acceptors (Lipinski definition) is 3. The van der Waals surface area contributed by atoms with E-state index < -0.39 is 0 Å². The molecule has 3 rings (SSSR count). The largest absolute Gasteiger partial charge is 0.325 e. The summed E-state index contributed by atoms with van der Waals surface area (Å²) in [7, 11) is 0. The van der Waals surface area contributed by atoms with Gasteiger partial charge >= 0.3 is 0 Å². The van der Waals surface area contributed by atoms with E-state index in [1.54, 1.807) is 18.2 Å². The molecule has 1 saturated heterocycles. The SMILES string of the molecule is O=C(CCN1CCN(CCc2ccccc2)CC1)Nc1cc(Cl)ccc1Cl. The van der Waals surface area contributed by atoms with Crippen molar-refractivity contribution in [3.8, 4) is 0 Å². The van der Waals surface area contributed by atoms with Crippen LogP contribution in [0.2, 0.25) is 10.0 Å². The van der Waals surface area contributed by atoms with Crippen LogP contribution in [-0.4, -0.2) is 55.0 Å². The van der Waals surface area contributed by atoms with Gasteiger partial charge in [0.15, 0.2) is 0 Å². The summed E-state index contributed by atoms with van der Waals surface area (Å²) < 4.78 is 0. The van der Waals surface area contributed by atoms with Crippen LogP contribution in [0.5, 0.6) is 0 Å². The van der Waals surface area contributed by atoms with Crippen molar-refractivity contribution in [1.29, 1.82) is 0 Å². The lowest BCUT2D eigenvalue weighted by molar-refractivity contribution is -0.116. The van der Waals surface area contributed by atoms with E-state index in [9.17, 15) is 4.79 Å². The number of anilines is 1. The molecular weight excluding hydrogens is 381 g/mol. The monoisotopic (exact) mass is 405 g/mol. The van der Waals surface area contributed by atoms with Gasteiger partial charge in [0.1, 0.15) is 0 Å². The Hall–Kier alpha value is -1.59. The molecule has 4 nitrogen and oxygen atoms in total. The number of piperazine rings is 1. The first-order valence-corrected chi connectivity index (χ1v) is 10.1. The van der Waals surface area contributed by atoms with Crippen molar-refractivity contribution in [3.63, 3.8) is 0 Å². The quantitative estimate of drug-likeness (QED) is 0.749. The second kappa shape index (κ2) is 10.1. The van der Waals surface area contributed by atoms with Crippen LogP contribution in [-0.2, 0) is 11.2 Å². The number of benzene rings is 2. The molecule has 1 amide bonds. The predicted molar refractivity (Wildman–Crippen MR) is 113 cm³/mol. The Morgan fingerprint density at radius 1 is 0.926 bits per heavy atom.